The maximum atomic E-state index is 2.45. The second-order valence-electron chi connectivity index (χ2n) is 5.60. The van der Waals surface area contributed by atoms with Crippen LogP contribution in [0.5, 0.6) is 0 Å². The number of rotatable bonds is 4. The Kier molecular flexibility index (Phi) is 4.03. The van der Waals surface area contributed by atoms with Crippen LogP contribution in [0.15, 0.2) is 54.6 Å². The van der Waals surface area contributed by atoms with Gasteiger partial charge in [-0.2, -0.15) is 0 Å². The Bertz CT molecular complexity index is 483. The maximum Gasteiger partial charge on any atom is 0.0849 e. The van der Waals surface area contributed by atoms with Crippen molar-refractivity contribution in [2.75, 3.05) is 0 Å². The smallest absolute Gasteiger partial charge is 0.0652 e. The Morgan fingerprint density at radius 1 is 0.778 bits per heavy atom. The van der Waals surface area contributed by atoms with Crippen molar-refractivity contribution in [2.24, 2.45) is 0 Å². The van der Waals surface area contributed by atoms with Gasteiger partial charge in [0, 0.05) is 0 Å². The molecule has 0 saturated heterocycles. The van der Waals surface area contributed by atoms with E-state index in [0.717, 1.165) is 6.42 Å². The van der Waals surface area contributed by atoms with Crippen molar-refractivity contribution in [3.05, 3.63) is 65.7 Å². The van der Waals surface area contributed by atoms with Gasteiger partial charge in [0.15, 0.2) is 0 Å². The van der Waals surface area contributed by atoms with E-state index < -0.39 is 8.07 Å². The molecule has 0 fully saturated rings. The zero-order chi connectivity index (χ0) is 13.0. The van der Waals surface area contributed by atoms with E-state index in [1.54, 1.807) is 5.19 Å². The fourth-order valence-electron chi connectivity index (χ4n) is 2.39. The van der Waals surface area contributed by atoms with Crippen LogP contribution in [0, 0.1) is 0 Å². The van der Waals surface area contributed by atoms with Crippen molar-refractivity contribution < 1.29 is 0 Å². The van der Waals surface area contributed by atoms with Crippen molar-refractivity contribution in [2.45, 2.75) is 32.5 Å². The van der Waals surface area contributed by atoms with Crippen LogP contribution >= 0.6 is 0 Å². The summed E-state index contributed by atoms with van der Waals surface area (Å²) in [5.41, 5.74) is 2.91. The van der Waals surface area contributed by atoms with Crippen LogP contribution in [-0.4, -0.2) is 8.07 Å². The molecule has 0 aliphatic rings. The highest BCUT2D eigenvalue weighted by molar-refractivity contribution is 6.89. The number of aryl methyl sites for hydroxylation is 1. The summed E-state index contributed by atoms with van der Waals surface area (Å²) in [4.78, 5) is 0. The molecule has 0 nitrogen and oxygen atoms in total. The second kappa shape index (κ2) is 5.53. The summed E-state index contributed by atoms with van der Waals surface area (Å²) >= 11 is 0. The zero-order valence-electron chi connectivity index (χ0n) is 11.6. The van der Waals surface area contributed by atoms with E-state index in [1.165, 1.54) is 17.2 Å². The number of benzene rings is 2. The average molecular weight is 254 g/mol. The first-order valence-corrected chi connectivity index (χ1v) is 9.96. The van der Waals surface area contributed by atoms with Crippen molar-refractivity contribution in [3.8, 4) is 0 Å². The van der Waals surface area contributed by atoms with Gasteiger partial charge in [0.1, 0.15) is 0 Å². The minimum atomic E-state index is -1.35. The monoisotopic (exact) mass is 254 g/mol. The molecule has 0 saturated carbocycles. The fraction of sp³-hybridized carbons (Fsp3) is 0.294. The Balaban J connectivity index is 2.16. The first kappa shape index (κ1) is 13.1. The largest absolute Gasteiger partial charge is 0.0849 e. The number of hydrogen-bond donors (Lipinski definition) is 0. The van der Waals surface area contributed by atoms with Crippen LogP contribution in [0.3, 0.4) is 0 Å². The van der Waals surface area contributed by atoms with Crippen LogP contribution in [0.25, 0.3) is 0 Å². The first-order chi connectivity index (χ1) is 8.62. The number of hydrogen-bond acceptors (Lipinski definition) is 0. The quantitative estimate of drug-likeness (QED) is 0.725. The van der Waals surface area contributed by atoms with E-state index in [2.05, 4.69) is 74.6 Å². The third kappa shape index (κ3) is 3.11. The molecule has 0 amide bonds. The van der Waals surface area contributed by atoms with Gasteiger partial charge in [-0.3, -0.25) is 0 Å². The van der Waals surface area contributed by atoms with E-state index in [9.17, 15) is 0 Å². The van der Waals surface area contributed by atoms with Crippen molar-refractivity contribution >= 4 is 13.3 Å². The molecule has 0 N–H and O–H groups in total. The second-order valence-corrected chi connectivity index (χ2v) is 10.3. The fourth-order valence-corrected chi connectivity index (χ4v) is 4.95. The highest BCUT2D eigenvalue weighted by Crippen LogP contribution is 2.13. The van der Waals surface area contributed by atoms with Crippen LogP contribution in [0.1, 0.15) is 18.1 Å². The van der Waals surface area contributed by atoms with E-state index in [0.29, 0.717) is 0 Å². The lowest BCUT2D eigenvalue weighted by atomic mass is 10.1. The first-order valence-electron chi connectivity index (χ1n) is 6.75. The Hall–Kier alpha value is -1.34. The summed E-state index contributed by atoms with van der Waals surface area (Å²) in [5, 5.41) is 1.55. The standard InChI is InChI=1S/C17H22Si/c1-4-15-10-12-16(13-11-15)14-18(2,3)17-8-6-5-7-9-17/h5-13H,4,14H2,1-3H3. The molecule has 0 aliphatic carbocycles. The lowest BCUT2D eigenvalue weighted by Gasteiger charge is -2.23. The lowest BCUT2D eigenvalue weighted by Crippen LogP contribution is -2.43. The summed E-state index contributed by atoms with van der Waals surface area (Å²) in [6.07, 6.45) is 1.12. The molecule has 2 aromatic carbocycles. The van der Waals surface area contributed by atoms with E-state index in [4.69, 9.17) is 0 Å². The minimum absolute atomic E-state index is 1.12. The summed E-state index contributed by atoms with van der Waals surface area (Å²) in [7, 11) is -1.35. The van der Waals surface area contributed by atoms with Crippen molar-refractivity contribution in [1.29, 1.82) is 0 Å². The van der Waals surface area contributed by atoms with E-state index in [-0.39, 0.29) is 0 Å². The molecule has 1 heteroatoms. The van der Waals surface area contributed by atoms with Gasteiger partial charge in [-0.05, 0) is 18.0 Å². The SMILES string of the molecule is CCc1ccc(C[Si](C)(C)c2ccccc2)cc1. The summed E-state index contributed by atoms with van der Waals surface area (Å²) in [5.74, 6) is 0. The van der Waals surface area contributed by atoms with Crippen LogP contribution in [0.2, 0.25) is 13.1 Å². The van der Waals surface area contributed by atoms with E-state index in [1.807, 2.05) is 0 Å². The molecule has 0 bridgehead atoms. The average Bonchev–Trinajstić information content (AvgIpc) is 2.40. The van der Waals surface area contributed by atoms with Crippen molar-refractivity contribution in [3.63, 3.8) is 0 Å². The molecule has 0 unspecified atom stereocenters. The van der Waals surface area contributed by atoms with Gasteiger partial charge in [0.05, 0.1) is 8.07 Å². The molecular weight excluding hydrogens is 232 g/mol. The highest BCUT2D eigenvalue weighted by Gasteiger charge is 2.23. The van der Waals surface area contributed by atoms with Crippen LogP contribution in [0.4, 0.5) is 0 Å². The predicted molar refractivity (Wildman–Crippen MR) is 83.1 cm³/mol. The van der Waals surface area contributed by atoms with Gasteiger partial charge < -0.3 is 0 Å². The molecule has 94 valence electrons. The summed E-state index contributed by atoms with van der Waals surface area (Å²) in [6, 6.07) is 21.3. The molecular formula is C17H22Si. The normalized spacial score (nSPS) is 11.5. The van der Waals surface area contributed by atoms with E-state index >= 15 is 0 Å². The Morgan fingerprint density at radius 3 is 1.89 bits per heavy atom. The molecule has 0 heterocycles. The van der Waals surface area contributed by atoms with Gasteiger partial charge in [-0.15, -0.1) is 0 Å². The van der Waals surface area contributed by atoms with Gasteiger partial charge in [0.2, 0.25) is 0 Å². The minimum Gasteiger partial charge on any atom is -0.0652 e. The molecule has 0 radical (unpaired) electrons. The van der Waals surface area contributed by atoms with Crippen LogP contribution in [-0.2, 0) is 12.5 Å². The predicted octanol–water partition coefficient (Wildman–Crippen LogP) is 3.95. The Morgan fingerprint density at radius 2 is 1.33 bits per heavy atom. The lowest BCUT2D eigenvalue weighted by molar-refractivity contribution is 1.13. The maximum absolute atomic E-state index is 2.45. The molecule has 2 rings (SSSR count). The molecule has 2 aromatic rings. The van der Waals surface area contributed by atoms with Gasteiger partial charge in [0.25, 0.3) is 0 Å². The van der Waals surface area contributed by atoms with Gasteiger partial charge >= 0.3 is 0 Å². The topological polar surface area (TPSA) is 0 Å². The molecule has 0 spiro atoms. The van der Waals surface area contributed by atoms with Crippen LogP contribution < -0.4 is 5.19 Å². The molecule has 0 atom stereocenters. The molecule has 18 heavy (non-hydrogen) atoms. The van der Waals surface area contributed by atoms with Gasteiger partial charge in [-0.25, -0.2) is 0 Å². The molecule has 0 aromatic heterocycles. The van der Waals surface area contributed by atoms with Crippen molar-refractivity contribution in [1.82, 2.24) is 0 Å². The summed E-state index contributed by atoms with van der Waals surface area (Å²) in [6.45, 7) is 7.11. The van der Waals surface area contributed by atoms with Gasteiger partial charge in [-0.1, -0.05) is 85.4 Å². The summed E-state index contributed by atoms with van der Waals surface area (Å²) < 4.78 is 0. The third-order valence-electron chi connectivity index (χ3n) is 3.63. The molecule has 0 aliphatic heterocycles. The highest BCUT2D eigenvalue weighted by atomic mass is 28.3. The zero-order valence-corrected chi connectivity index (χ0v) is 12.6. The Labute approximate surface area is 112 Å². The third-order valence-corrected chi connectivity index (χ3v) is 6.82.